The Bertz CT molecular complexity index is 1810. The lowest BCUT2D eigenvalue weighted by Crippen LogP contribution is -2.32. The molecular formula is C26H23F4N5O5S. The lowest BCUT2D eigenvalue weighted by molar-refractivity contribution is -0.140. The molecule has 216 valence electrons. The van der Waals surface area contributed by atoms with E-state index in [1.54, 1.807) is 19.1 Å². The number of aromatic nitrogens is 3. The van der Waals surface area contributed by atoms with E-state index in [0.717, 1.165) is 13.2 Å². The minimum absolute atomic E-state index is 0.0671. The molecule has 2 N–H and O–H groups in total. The van der Waals surface area contributed by atoms with Crippen LogP contribution in [-0.4, -0.2) is 43.0 Å². The van der Waals surface area contributed by atoms with Gasteiger partial charge < -0.3 is 10.1 Å². The average Bonchev–Trinajstić information content (AvgIpc) is 2.92. The molecule has 1 amide bonds. The highest BCUT2D eigenvalue weighted by Crippen LogP contribution is 2.37. The molecule has 2 aromatic heterocycles. The fourth-order valence-electron chi connectivity index (χ4n) is 4.14. The van der Waals surface area contributed by atoms with E-state index in [-0.39, 0.29) is 35.0 Å². The maximum Gasteiger partial charge on any atom is 0.417 e. The van der Waals surface area contributed by atoms with E-state index in [2.05, 4.69) is 15.3 Å². The summed E-state index contributed by atoms with van der Waals surface area (Å²) >= 11 is 0. The predicted molar refractivity (Wildman–Crippen MR) is 141 cm³/mol. The first kappa shape index (κ1) is 29.5. The average molecular weight is 594 g/mol. The van der Waals surface area contributed by atoms with Crippen molar-refractivity contribution < 1.29 is 35.5 Å². The Kier molecular flexibility index (Phi) is 8.01. The number of rotatable bonds is 8. The van der Waals surface area contributed by atoms with Gasteiger partial charge in [-0.3, -0.25) is 18.9 Å². The summed E-state index contributed by atoms with van der Waals surface area (Å²) in [7, 11) is -2.48. The summed E-state index contributed by atoms with van der Waals surface area (Å²) in [5, 5.41) is 2.70. The number of hydrogen-bond acceptors (Lipinski definition) is 7. The first-order chi connectivity index (χ1) is 19.3. The standard InChI is InChI=1S/C26H23F4N5O5S/c1-14(23(36)31-2)12-35-13-33-20-8-7-15(9-17(20)25(35)37)16-10-21(24(40-3)32-11-16)34-41(38,39)22-18(26(28,29)30)5-4-6-19(22)27/h4-11,13-14,34H,12H2,1-3H3,(H,31,36)/t14-/m0/s1. The molecule has 1 atom stereocenters. The molecule has 0 saturated carbocycles. The Morgan fingerprint density at radius 2 is 1.85 bits per heavy atom. The molecule has 15 heteroatoms. The maximum absolute atomic E-state index is 14.4. The fraction of sp³-hybridized carbons (Fsp3) is 0.231. The number of hydrogen-bond donors (Lipinski definition) is 2. The number of halogens is 4. The third-order valence-electron chi connectivity index (χ3n) is 6.15. The Hall–Kier alpha value is -4.53. The van der Waals surface area contributed by atoms with E-state index in [0.29, 0.717) is 23.2 Å². The van der Waals surface area contributed by atoms with Crippen molar-refractivity contribution in [3.8, 4) is 17.0 Å². The number of methoxy groups -OCH3 is 1. The zero-order chi connectivity index (χ0) is 30.1. The topological polar surface area (TPSA) is 132 Å². The van der Waals surface area contributed by atoms with Crippen LogP contribution in [0.15, 0.2) is 64.7 Å². The van der Waals surface area contributed by atoms with Gasteiger partial charge in [0.1, 0.15) is 16.4 Å². The van der Waals surface area contributed by atoms with Gasteiger partial charge in [0.05, 0.1) is 35.8 Å². The van der Waals surface area contributed by atoms with Crippen LogP contribution >= 0.6 is 0 Å². The molecule has 0 unspecified atom stereocenters. The van der Waals surface area contributed by atoms with Crippen molar-refractivity contribution in [2.45, 2.75) is 24.5 Å². The number of pyridine rings is 1. The summed E-state index contributed by atoms with van der Waals surface area (Å²) < 4.78 is 89.2. The fourth-order valence-corrected chi connectivity index (χ4v) is 5.48. The normalized spacial score (nSPS) is 12.7. The molecule has 2 aromatic carbocycles. The van der Waals surface area contributed by atoms with Gasteiger partial charge in [0.2, 0.25) is 11.8 Å². The molecule has 0 bridgehead atoms. The van der Waals surface area contributed by atoms with Gasteiger partial charge in [-0.25, -0.2) is 22.8 Å². The number of nitrogens with zero attached hydrogens (tertiary/aromatic N) is 3. The van der Waals surface area contributed by atoms with Gasteiger partial charge in [-0.15, -0.1) is 0 Å². The third kappa shape index (κ3) is 5.99. The van der Waals surface area contributed by atoms with Crippen molar-refractivity contribution in [1.82, 2.24) is 19.9 Å². The number of carbonyl (C=O) groups is 1. The summed E-state index contributed by atoms with van der Waals surface area (Å²) in [6, 6.07) is 7.62. The Morgan fingerprint density at radius 1 is 1.12 bits per heavy atom. The van der Waals surface area contributed by atoms with Crippen LogP contribution in [0.2, 0.25) is 0 Å². The second kappa shape index (κ2) is 11.2. The molecule has 0 spiro atoms. The highest BCUT2D eigenvalue weighted by atomic mass is 32.2. The summed E-state index contributed by atoms with van der Waals surface area (Å²) in [6.45, 7) is 1.72. The Morgan fingerprint density at radius 3 is 2.51 bits per heavy atom. The number of anilines is 1. The molecule has 4 aromatic rings. The first-order valence-corrected chi connectivity index (χ1v) is 13.4. The Balaban J connectivity index is 1.77. The molecule has 10 nitrogen and oxygen atoms in total. The highest BCUT2D eigenvalue weighted by molar-refractivity contribution is 7.92. The van der Waals surface area contributed by atoms with Gasteiger partial charge in [0.15, 0.2) is 0 Å². The van der Waals surface area contributed by atoms with E-state index in [4.69, 9.17) is 4.74 Å². The number of alkyl halides is 3. The Labute approximate surface area is 231 Å². The third-order valence-corrected chi connectivity index (χ3v) is 7.59. The lowest BCUT2D eigenvalue weighted by Gasteiger charge is -2.16. The summed E-state index contributed by atoms with van der Waals surface area (Å²) in [6.07, 6.45) is -2.53. The van der Waals surface area contributed by atoms with E-state index in [1.165, 1.54) is 36.3 Å². The van der Waals surface area contributed by atoms with Crippen LogP contribution in [0.4, 0.5) is 23.2 Å². The van der Waals surface area contributed by atoms with Crippen molar-refractivity contribution in [2.75, 3.05) is 18.9 Å². The van der Waals surface area contributed by atoms with Gasteiger partial charge in [0.25, 0.3) is 15.6 Å². The molecule has 0 radical (unpaired) electrons. The summed E-state index contributed by atoms with van der Waals surface area (Å²) in [5.74, 6) is -2.67. The number of amides is 1. The van der Waals surface area contributed by atoms with E-state index < -0.39 is 44.0 Å². The lowest BCUT2D eigenvalue weighted by atomic mass is 10.0. The monoisotopic (exact) mass is 593 g/mol. The van der Waals surface area contributed by atoms with Crippen molar-refractivity contribution in [1.29, 1.82) is 0 Å². The number of nitrogens with one attached hydrogen (secondary N) is 2. The SMILES string of the molecule is CNC(=O)[C@@H](C)Cn1cnc2ccc(-c3cnc(OC)c(NS(=O)(=O)c4c(F)cccc4C(F)(F)F)c3)cc2c1=O. The van der Waals surface area contributed by atoms with Gasteiger partial charge >= 0.3 is 6.18 Å². The maximum atomic E-state index is 14.4. The molecule has 0 saturated heterocycles. The van der Waals surface area contributed by atoms with Crippen LogP contribution in [0.5, 0.6) is 5.88 Å². The van der Waals surface area contributed by atoms with Gasteiger partial charge in [0, 0.05) is 25.4 Å². The molecule has 0 aliphatic rings. The van der Waals surface area contributed by atoms with Gasteiger partial charge in [-0.1, -0.05) is 19.1 Å². The van der Waals surface area contributed by atoms with E-state index >= 15 is 0 Å². The van der Waals surface area contributed by atoms with Gasteiger partial charge in [-0.05, 0) is 35.9 Å². The molecular weight excluding hydrogens is 570 g/mol. The smallest absolute Gasteiger partial charge is 0.417 e. The number of sulfonamides is 1. The highest BCUT2D eigenvalue weighted by Gasteiger charge is 2.39. The molecule has 0 aliphatic heterocycles. The second-order valence-electron chi connectivity index (χ2n) is 8.95. The molecule has 4 rings (SSSR count). The van der Waals surface area contributed by atoms with Crippen LogP contribution in [0, 0.1) is 11.7 Å². The van der Waals surface area contributed by atoms with Crippen LogP contribution in [0.3, 0.4) is 0 Å². The van der Waals surface area contributed by atoms with Gasteiger partial charge in [-0.2, -0.15) is 13.2 Å². The van der Waals surface area contributed by atoms with Crippen LogP contribution in [-0.2, 0) is 27.5 Å². The zero-order valence-electron chi connectivity index (χ0n) is 21.8. The van der Waals surface area contributed by atoms with Crippen LogP contribution in [0.1, 0.15) is 12.5 Å². The number of benzene rings is 2. The molecule has 0 fully saturated rings. The zero-order valence-corrected chi connectivity index (χ0v) is 22.6. The number of fused-ring (bicyclic) bond motifs is 1. The minimum atomic E-state index is -5.15. The van der Waals surface area contributed by atoms with E-state index in [1.807, 2.05) is 4.72 Å². The number of ether oxygens (including phenoxy) is 1. The summed E-state index contributed by atoms with van der Waals surface area (Å²) in [5.41, 5.74) is -1.51. The minimum Gasteiger partial charge on any atom is -0.480 e. The first-order valence-electron chi connectivity index (χ1n) is 11.9. The predicted octanol–water partition coefficient (Wildman–Crippen LogP) is 3.81. The van der Waals surface area contributed by atoms with Crippen molar-refractivity contribution in [3.63, 3.8) is 0 Å². The number of carbonyl (C=O) groups excluding carboxylic acids is 1. The quantitative estimate of drug-likeness (QED) is 0.297. The van der Waals surface area contributed by atoms with Crippen LogP contribution < -0.4 is 20.3 Å². The van der Waals surface area contributed by atoms with E-state index in [9.17, 15) is 35.6 Å². The molecule has 41 heavy (non-hydrogen) atoms. The van der Waals surface area contributed by atoms with Crippen molar-refractivity contribution >= 4 is 32.5 Å². The van der Waals surface area contributed by atoms with Crippen LogP contribution in [0.25, 0.3) is 22.0 Å². The second-order valence-corrected chi connectivity index (χ2v) is 10.6. The molecule has 2 heterocycles. The largest absolute Gasteiger partial charge is 0.480 e. The molecule has 0 aliphatic carbocycles. The van der Waals surface area contributed by atoms with Crippen molar-refractivity contribution in [2.24, 2.45) is 5.92 Å². The van der Waals surface area contributed by atoms with Crippen molar-refractivity contribution in [3.05, 3.63) is 76.7 Å². The summed E-state index contributed by atoms with van der Waals surface area (Å²) in [4.78, 5) is 31.8.